The minimum atomic E-state index is 0.735. The van der Waals surface area contributed by atoms with Gasteiger partial charge in [-0.1, -0.05) is 26.0 Å². The second-order valence-electron chi connectivity index (χ2n) is 5.64. The number of hydrogen-bond donors (Lipinski definition) is 1. The molecule has 0 spiro atoms. The molecule has 0 aliphatic carbocycles. The Bertz CT molecular complexity index is 334. The maximum atomic E-state index is 5.72. The fourth-order valence-corrected chi connectivity index (χ4v) is 2.73. The van der Waals surface area contributed by atoms with Gasteiger partial charge in [-0.05, 0) is 55.5 Å². The number of nitrogen functional groups attached to an aromatic ring is 1. The summed E-state index contributed by atoms with van der Waals surface area (Å²) in [5.74, 6) is 1.52. The number of rotatable bonds is 3. The van der Waals surface area contributed by atoms with Gasteiger partial charge in [-0.2, -0.15) is 0 Å². The van der Waals surface area contributed by atoms with Crippen LogP contribution in [0.5, 0.6) is 0 Å². The van der Waals surface area contributed by atoms with Crippen molar-refractivity contribution < 1.29 is 0 Å². The first kappa shape index (κ1) is 12.4. The third kappa shape index (κ3) is 3.47. The lowest BCUT2D eigenvalue weighted by atomic mass is 9.89. The van der Waals surface area contributed by atoms with Crippen LogP contribution < -0.4 is 5.73 Å². The minimum Gasteiger partial charge on any atom is -0.399 e. The van der Waals surface area contributed by atoms with E-state index in [0.29, 0.717) is 0 Å². The molecule has 94 valence electrons. The van der Waals surface area contributed by atoms with Gasteiger partial charge in [0.1, 0.15) is 0 Å². The van der Waals surface area contributed by atoms with Crippen molar-refractivity contribution in [3.8, 4) is 0 Å². The van der Waals surface area contributed by atoms with E-state index < -0.39 is 0 Å². The zero-order valence-corrected chi connectivity index (χ0v) is 11.0. The SMILES string of the molecule is CC(C)CN1CCC(c2ccc(N)cc2)CC1. The van der Waals surface area contributed by atoms with E-state index in [0.717, 1.165) is 17.5 Å². The van der Waals surface area contributed by atoms with E-state index in [4.69, 9.17) is 5.73 Å². The maximum Gasteiger partial charge on any atom is 0.0314 e. The van der Waals surface area contributed by atoms with Crippen LogP contribution in [0.4, 0.5) is 5.69 Å². The van der Waals surface area contributed by atoms with Gasteiger partial charge in [-0.3, -0.25) is 0 Å². The predicted octanol–water partition coefficient (Wildman–Crippen LogP) is 3.10. The van der Waals surface area contributed by atoms with Crippen molar-refractivity contribution >= 4 is 5.69 Å². The Balaban J connectivity index is 1.88. The molecule has 1 aromatic rings. The molecule has 0 atom stereocenters. The Labute approximate surface area is 105 Å². The van der Waals surface area contributed by atoms with Crippen LogP contribution in [-0.2, 0) is 0 Å². The van der Waals surface area contributed by atoms with E-state index >= 15 is 0 Å². The molecule has 0 unspecified atom stereocenters. The summed E-state index contributed by atoms with van der Waals surface area (Å²) in [5.41, 5.74) is 8.05. The van der Waals surface area contributed by atoms with Crippen molar-refractivity contribution in [2.45, 2.75) is 32.6 Å². The average Bonchev–Trinajstić information content (AvgIpc) is 2.30. The van der Waals surface area contributed by atoms with Gasteiger partial charge >= 0.3 is 0 Å². The number of piperidine rings is 1. The van der Waals surface area contributed by atoms with Crippen molar-refractivity contribution in [3.63, 3.8) is 0 Å². The summed E-state index contributed by atoms with van der Waals surface area (Å²) in [6, 6.07) is 8.43. The third-order valence-electron chi connectivity index (χ3n) is 3.62. The van der Waals surface area contributed by atoms with E-state index in [9.17, 15) is 0 Å². The molecule has 0 saturated carbocycles. The van der Waals surface area contributed by atoms with Crippen LogP contribution in [-0.4, -0.2) is 24.5 Å². The Morgan fingerprint density at radius 3 is 2.29 bits per heavy atom. The molecule has 1 fully saturated rings. The van der Waals surface area contributed by atoms with Gasteiger partial charge in [0.2, 0.25) is 0 Å². The first-order valence-electron chi connectivity index (χ1n) is 6.73. The molecule has 0 bridgehead atoms. The van der Waals surface area contributed by atoms with Crippen molar-refractivity contribution in [1.29, 1.82) is 0 Å². The van der Waals surface area contributed by atoms with Crippen LogP contribution in [0.25, 0.3) is 0 Å². The van der Waals surface area contributed by atoms with Gasteiger partial charge in [0, 0.05) is 12.2 Å². The summed E-state index contributed by atoms with van der Waals surface area (Å²) in [7, 11) is 0. The smallest absolute Gasteiger partial charge is 0.0314 e. The van der Waals surface area contributed by atoms with Crippen molar-refractivity contribution in [2.75, 3.05) is 25.4 Å². The lowest BCUT2D eigenvalue weighted by Gasteiger charge is -2.33. The average molecular weight is 232 g/mol. The molecule has 17 heavy (non-hydrogen) atoms. The van der Waals surface area contributed by atoms with Crippen LogP contribution in [0.2, 0.25) is 0 Å². The van der Waals surface area contributed by atoms with Crippen LogP contribution >= 0.6 is 0 Å². The quantitative estimate of drug-likeness (QED) is 0.811. The predicted molar refractivity (Wildman–Crippen MR) is 74.1 cm³/mol. The van der Waals surface area contributed by atoms with Gasteiger partial charge < -0.3 is 10.6 Å². The van der Waals surface area contributed by atoms with Crippen LogP contribution in [0.3, 0.4) is 0 Å². The van der Waals surface area contributed by atoms with Crippen LogP contribution in [0.15, 0.2) is 24.3 Å². The van der Waals surface area contributed by atoms with Gasteiger partial charge in [0.25, 0.3) is 0 Å². The summed E-state index contributed by atoms with van der Waals surface area (Å²) in [6.07, 6.45) is 2.58. The molecule has 0 radical (unpaired) electrons. The van der Waals surface area contributed by atoms with Crippen molar-refractivity contribution in [2.24, 2.45) is 5.92 Å². The van der Waals surface area contributed by atoms with Gasteiger partial charge in [0.15, 0.2) is 0 Å². The molecule has 2 heteroatoms. The topological polar surface area (TPSA) is 29.3 Å². The number of nitrogens with zero attached hydrogens (tertiary/aromatic N) is 1. The normalized spacial score (nSPS) is 18.8. The lowest BCUT2D eigenvalue weighted by molar-refractivity contribution is 0.192. The molecular formula is C15H24N2. The first-order valence-corrected chi connectivity index (χ1v) is 6.73. The first-order chi connectivity index (χ1) is 8.15. The highest BCUT2D eigenvalue weighted by Gasteiger charge is 2.20. The van der Waals surface area contributed by atoms with Crippen LogP contribution in [0, 0.1) is 5.92 Å². The zero-order valence-electron chi connectivity index (χ0n) is 11.0. The number of likely N-dealkylation sites (tertiary alicyclic amines) is 1. The Morgan fingerprint density at radius 1 is 1.18 bits per heavy atom. The molecule has 1 aliphatic heterocycles. The molecule has 1 heterocycles. The van der Waals surface area contributed by atoms with E-state index in [1.54, 1.807) is 0 Å². The number of nitrogens with two attached hydrogens (primary N) is 1. The van der Waals surface area contributed by atoms with Crippen molar-refractivity contribution in [3.05, 3.63) is 29.8 Å². The highest BCUT2D eigenvalue weighted by atomic mass is 15.1. The molecule has 2 N–H and O–H groups in total. The molecule has 2 nitrogen and oxygen atoms in total. The Morgan fingerprint density at radius 2 is 1.76 bits per heavy atom. The molecule has 1 saturated heterocycles. The van der Waals surface area contributed by atoms with E-state index in [-0.39, 0.29) is 0 Å². The highest BCUT2D eigenvalue weighted by molar-refractivity contribution is 5.40. The minimum absolute atomic E-state index is 0.735. The molecule has 0 aromatic heterocycles. The highest BCUT2D eigenvalue weighted by Crippen LogP contribution is 2.28. The summed E-state index contributed by atoms with van der Waals surface area (Å²) >= 11 is 0. The summed E-state index contributed by atoms with van der Waals surface area (Å²) in [5, 5.41) is 0. The largest absolute Gasteiger partial charge is 0.399 e. The molecule has 0 amide bonds. The second kappa shape index (κ2) is 5.54. The lowest BCUT2D eigenvalue weighted by Crippen LogP contribution is -2.35. The molecule has 1 aliphatic rings. The van der Waals surface area contributed by atoms with Gasteiger partial charge in [0.05, 0.1) is 0 Å². The monoisotopic (exact) mass is 232 g/mol. The summed E-state index contributed by atoms with van der Waals surface area (Å²) < 4.78 is 0. The summed E-state index contributed by atoms with van der Waals surface area (Å²) in [6.45, 7) is 8.33. The van der Waals surface area contributed by atoms with E-state index in [1.165, 1.54) is 38.0 Å². The van der Waals surface area contributed by atoms with E-state index in [1.807, 2.05) is 12.1 Å². The third-order valence-corrected chi connectivity index (χ3v) is 3.62. The Hall–Kier alpha value is -1.02. The zero-order chi connectivity index (χ0) is 12.3. The molecule has 1 aromatic carbocycles. The van der Waals surface area contributed by atoms with E-state index in [2.05, 4.69) is 30.9 Å². The molecule has 2 rings (SSSR count). The van der Waals surface area contributed by atoms with Gasteiger partial charge in [-0.25, -0.2) is 0 Å². The second-order valence-corrected chi connectivity index (χ2v) is 5.64. The number of anilines is 1. The van der Waals surface area contributed by atoms with Crippen LogP contribution in [0.1, 0.15) is 38.2 Å². The number of hydrogen-bond acceptors (Lipinski definition) is 2. The maximum absolute atomic E-state index is 5.72. The van der Waals surface area contributed by atoms with Crippen molar-refractivity contribution in [1.82, 2.24) is 4.90 Å². The fourth-order valence-electron chi connectivity index (χ4n) is 2.73. The molecular weight excluding hydrogens is 208 g/mol. The summed E-state index contributed by atoms with van der Waals surface area (Å²) in [4.78, 5) is 2.60. The number of benzene rings is 1. The van der Waals surface area contributed by atoms with Gasteiger partial charge in [-0.15, -0.1) is 0 Å². The Kier molecular flexibility index (Phi) is 4.06. The fraction of sp³-hybridized carbons (Fsp3) is 0.600. The standard InChI is InChI=1S/C15H24N2/c1-12(2)11-17-9-7-14(8-10-17)13-3-5-15(16)6-4-13/h3-6,12,14H,7-11,16H2,1-2H3.